The topological polar surface area (TPSA) is 79.5 Å². The molecule has 0 radical (unpaired) electrons. The highest BCUT2D eigenvalue weighted by atomic mass is 35.5. The van der Waals surface area contributed by atoms with Gasteiger partial charge < -0.3 is 10.6 Å². The summed E-state index contributed by atoms with van der Waals surface area (Å²) in [6, 6.07) is 8.47. The van der Waals surface area contributed by atoms with Crippen LogP contribution in [-0.4, -0.2) is 34.5 Å². The SMILES string of the molecule is CN(C)c1ccccc1N(C)S(=O)(=O)c1cc(Cl)cnc1N. The number of nitrogens with two attached hydrogens (primary N) is 1. The van der Waals surface area contributed by atoms with Crippen LogP contribution >= 0.6 is 11.6 Å². The number of hydrogen-bond donors (Lipinski definition) is 1. The van der Waals surface area contributed by atoms with E-state index in [2.05, 4.69) is 4.98 Å². The van der Waals surface area contributed by atoms with Crippen molar-refractivity contribution in [2.24, 2.45) is 0 Å². The molecule has 0 aliphatic rings. The van der Waals surface area contributed by atoms with Gasteiger partial charge in [-0.1, -0.05) is 23.7 Å². The van der Waals surface area contributed by atoms with Crippen LogP contribution in [0.1, 0.15) is 0 Å². The summed E-state index contributed by atoms with van der Waals surface area (Å²) in [6.07, 6.45) is 1.31. The summed E-state index contributed by atoms with van der Waals surface area (Å²) < 4.78 is 26.8. The normalized spacial score (nSPS) is 11.3. The maximum absolute atomic E-state index is 12.8. The van der Waals surface area contributed by atoms with Gasteiger partial charge in [0.05, 0.1) is 16.4 Å². The Bertz CT molecular complexity index is 793. The predicted molar refractivity (Wildman–Crippen MR) is 90.0 cm³/mol. The molecule has 0 spiro atoms. The summed E-state index contributed by atoms with van der Waals surface area (Å²) >= 11 is 5.85. The molecule has 0 unspecified atom stereocenters. The molecule has 0 aliphatic heterocycles. The fourth-order valence-corrected chi connectivity index (χ4v) is 3.55. The van der Waals surface area contributed by atoms with Gasteiger partial charge in [0.1, 0.15) is 10.7 Å². The van der Waals surface area contributed by atoms with Crippen LogP contribution in [0, 0.1) is 0 Å². The average Bonchev–Trinajstić information content (AvgIpc) is 2.48. The lowest BCUT2D eigenvalue weighted by atomic mass is 10.2. The summed E-state index contributed by atoms with van der Waals surface area (Å²) in [5, 5.41) is 0.210. The van der Waals surface area contributed by atoms with Gasteiger partial charge >= 0.3 is 0 Å². The predicted octanol–water partition coefficient (Wildman–Crippen LogP) is 2.21. The molecule has 1 aromatic heterocycles. The largest absolute Gasteiger partial charge is 0.383 e. The highest BCUT2D eigenvalue weighted by molar-refractivity contribution is 7.93. The molecule has 0 saturated carbocycles. The first kappa shape index (κ1) is 16.4. The van der Waals surface area contributed by atoms with Gasteiger partial charge in [-0.15, -0.1) is 0 Å². The fraction of sp³-hybridized carbons (Fsp3) is 0.214. The van der Waals surface area contributed by atoms with Gasteiger partial charge in [-0.2, -0.15) is 0 Å². The number of halogens is 1. The lowest BCUT2D eigenvalue weighted by molar-refractivity contribution is 0.594. The van der Waals surface area contributed by atoms with Crippen molar-refractivity contribution in [3.8, 4) is 0 Å². The molecule has 0 saturated heterocycles. The first-order chi connectivity index (χ1) is 10.2. The third-order valence-corrected chi connectivity index (χ3v) is 5.20. The molecule has 0 amide bonds. The van der Waals surface area contributed by atoms with Crippen LogP contribution in [0.2, 0.25) is 5.02 Å². The minimum Gasteiger partial charge on any atom is -0.383 e. The van der Waals surface area contributed by atoms with Gasteiger partial charge in [-0.05, 0) is 18.2 Å². The van der Waals surface area contributed by atoms with Crippen LogP contribution in [0.3, 0.4) is 0 Å². The summed E-state index contributed by atoms with van der Waals surface area (Å²) in [4.78, 5) is 5.53. The Kier molecular flexibility index (Phi) is 4.48. The lowest BCUT2D eigenvalue weighted by Gasteiger charge is -2.25. The van der Waals surface area contributed by atoms with Gasteiger partial charge in [-0.3, -0.25) is 4.31 Å². The van der Waals surface area contributed by atoms with Crippen molar-refractivity contribution in [2.45, 2.75) is 4.90 Å². The third kappa shape index (κ3) is 2.95. The van der Waals surface area contributed by atoms with E-state index in [1.165, 1.54) is 23.6 Å². The van der Waals surface area contributed by atoms with Gasteiger partial charge in [0.25, 0.3) is 10.0 Å². The second kappa shape index (κ2) is 6.02. The number of anilines is 3. The van der Waals surface area contributed by atoms with Crippen molar-refractivity contribution in [3.05, 3.63) is 41.6 Å². The zero-order valence-electron chi connectivity index (χ0n) is 12.5. The molecule has 2 N–H and O–H groups in total. The standard InChI is InChI=1S/C14H17ClN4O2S/c1-18(2)11-6-4-5-7-12(11)19(3)22(20,21)13-8-10(15)9-17-14(13)16/h4-9H,1-3H3,(H2,16,17). The van der Waals surface area contributed by atoms with Crippen molar-refractivity contribution in [1.82, 2.24) is 4.98 Å². The van der Waals surface area contributed by atoms with E-state index in [1.807, 2.05) is 31.1 Å². The zero-order valence-corrected chi connectivity index (χ0v) is 14.1. The first-order valence-corrected chi connectivity index (χ1v) is 8.23. The maximum Gasteiger partial charge on any atom is 0.267 e. The fourth-order valence-electron chi connectivity index (χ4n) is 2.02. The van der Waals surface area contributed by atoms with E-state index >= 15 is 0 Å². The lowest BCUT2D eigenvalue weighted by Crippen LogP contribution is -2.29. The molecule has 1 aromatic carbocycles. The van der Waals surface area contributed by atoms with Crippen molar-refractivity contribution in [2.75, 3.05) is 36.1 Å². The van der Waals surface area contributed by atoms with Crippen molar-refractivity contribution < 1.29 is 8.42 Å². The zero-order chi connectivity index (χ0) is 16.5. The number of rotatable bonds is 4. The van der Waals surface area contributed by atoms with Gasteiger partial charge in [0.15, 0.2) is 0 Å². The molecule has 6 nitrogen and oxygen atoms in total. The second-order valence-corrected chi connectivity index (χ2v) is 7.27. The van der Waals surface area contributed by atoms with Gasteiger partial charge in [0.2, 0.25) is 0 Å². The summed E-state index contributed by atoms with van der Waals surface area (Å²) in [5.74, 6) is -0.0846. The Balaban J connectivity index is 2.57. The van der Waals surface area contributed by atoms with Gasteiger partial charge in [0, 0.05) is 27.3 Å². The minimum atomic E-state index is -3.87. The Hall–Kier alpha value is -1.99. The molecule has 0 fully saturated rings. The molecule has 22 heavy (non-hydrogen) atoms. The van der Waals surface area contributed by atoms with Crippen molar-refractivity contribution in [3.63, 3.8) is 0 Å². The van der Waals surface area contributed by atoms with E-state index in [0.717, 1.165) is 5.69 Å². The monoisotopic (exact) mass is 340 g/mol. The molecule has 8 heteroatoms. The molecule has 118 valence electrons. The molecule has 2 rings (SSSR count). The van der Waals surface area contributed by atoms with Crippen LogP contribution in [0.5, 0.6) is 0 Å². The molecule has 2 aromatic rings. The number of para-hydroxylation sites is 2. The van der Waals surface area contributed by atoms with Crippen LogP contribution in [0.25, 0.3) is 0 Å². The number of benzene rings is 1. The van der Waals surface area contributed by atoms with Crippen LogP contribution < -0.4 is 14.9 Å². The Morgan fingerprint density at radius 2 is 1.73 bits per heavy atom. The van der Waals surface area contributed by atoms with E-state index in [1.54, 1.807) is 12.1 Å². The van der Waals surface area contributed by atoms with Gasteiger partial charge in [-0.25, -0.2) is 13.4 Å². The molecule has 0 bridgehead atoms. The van der Waals surface area contributed by atoms with E-state index in [-0.39, 0.29) is 15.7 Å². The van der Waals surface area contributed by atoms with Crippen molar-refractivity contribution in [1.29, 1.82) is 0 Å². The number of hydrogen-bond acceptors (Lipinski definition) is 5. The van der Waals surface area contributed by atoms with E-state index < -0.39 is 10.0 Å². The molecule has 0 atom stereocenters. The number of nitrogen functional groups attached to an aromatic ring is 1. The molecule has 0 aliphatic carbocycles. The van der Waals surface area contributed by atoms with E-state index in [0.29, 0.717) is 5.69 Å². The first-order valence-electron chi connectivity index (χ1n) is 6.41. The highest BCUT2D eigenvalue weighted by Crippen LogP contribution is 2.32. The summed E-state index contributed by atoms with van der Waals surface area (Å²) in [6.45, 7) is 0. The summed E-state index contributed by atoms with van der Waals surface area (Å²) in [7, 11) is 1.29. The van der Waals surface area contributed by atoms with Crippen molar-refractivity contribution >= 4 is 38.8 Å². The average molecular weight is 341 g/mol. The smallest absolute Gasteiger partial charge is 0.267 e. The number of nitrogens with zero attached hydrogens (tertiary/aromatic N) is 3. The molecular formula is C14H17ClN4O2S. The third-order valence-electron chi connectivity index (χ3n) is 3.19. The summed E-state index contributed by atoms with van der Waals surface area (Å²) in [5.41, 5.74) is 7.00. The Morgan fingerprint density at radius 3 is 2.32 bits per heavy atom. The number of pyridine rings is 1. The van der Waals surface area contributed by atoms with E-state index in [4.69, 9.17) is 17.3 Å². The van der Waals surface area contributed by atoms with Crippen LogP contribution in [-0.2, 0) is 10.0 Å². The maximum atomic E-state index is 12.8. The molecule has 1 heterocycles. The molecular weight excluding hydrogens is 324 g/mol. The highest BCUT2D eigenvalue weighted by Gasteiger charge is 2.26. The van der Waals surface area contributed by atoms with E-state index in [9.17, 15) is 8.42 Å². The van der Waals surface area contributed by atoms with Crippen LogP contribution in [0.15, 0.2) is 41.4 Å². The number of aromatic nitrogens is 1. The second-order valence-electron chi connectivity index (χ2n) is 4.89. The Morgan fingerprint density at radius 1 is 1.14 bits per heavy atom. The van der Waals surface area contributed by atoms with Crippen LogP contribution in [0.4, 0.5) is 17.2 Å². The minimum absolute atomic E-state index is 0.0846. The quantitative estimate of drug-likeness (QED) is 0.923. The Labute approximate surface area is 135 Å². The number of sulfonamides is 1.